The molecule has 3 heteroatoms. The molecule has 0 aliphatic heterocycles. The molecule has 1 aliphatic carbocycles. The number of ether oxygens (including phenoxy) is 1. The minimum Gasteiger partial charge on any atom is -0.468 e. The fourth-order valence-electron chi connectivity index (χ4n) is 2.67. The van der Waals surface area contributed by atoms with Crippen molar-refractivity contribution in [1.29, 1.82) is 0 Å². The number of carbonyl (C=O) groups excluding carboxylic acids is 1. The predicted molar refractivity (Wildman–Crippen MR) is 68.4 cm³/mol. The van der Waals surface area contributed by atoms with Crippen LogP contribution in [0.1, 0.15) is 39.5 Å². The first-order valence-electron chi connectivity index (χ1n) is 6.32. The Morgan fingerprint density at radius 1 is 1.53 bits per heavy atom. The second kappa shape index (κ2) is 6.07. The van der Waals surface area contributed by atoms with Gasteiger partial charge in [0.1, 0.15) is 5.54 Å². The van der Waals surface area contributed by atoms with Crippen LogP contribution >= 0.6 is 0 Å². The van der Waals surface area contributed by atoms with Crippen LogP contribution in [0.25, 0.3) is 0 Å². The number of terminal acetylenes is 1. The van der Waals surface area contributed by atoms with Crippen molar-refractivity contribution in [3.8, 4) is 12.3 Å². The number of nitrogens with one attached hydrogen (secondary N) is 1. The van der Waals surface area contributed by atoms with Crippen LogP contribution in [0.5, 0.6) is 0 Å². The third-order valence-corrected chi connectivity index (χ3v) is 3.93. The average Bonchev–Trinajstić information content (AvgIpc) is 2.35. The third kappa shape index (κ3) is 3.23. The summed E-state index contributed by atoms with van der Waals surface area (Å²) in [5, 5.41) is 3.18. The first kappa shape index (κ1) is 14.1. The SMILES string of the molecule is C#CCNC1(C(=O)OC)CCC(C(C)C)CC1. The van der Waals surface area contributed by atoms with Crippen molar-refractivity contribution >= 4 is 5.97 Å². The molecule has 0 radical (unpaired) electrons. The third-order valence-electron chi connectivity index (χ3n) is 3.93. The number of carbonyl (C=O) groups is 1. The van der Waals surface area contributed by atoms with Crippen LogP contribution in [0.3, 0.4) is 0 Å². The van der Waals surface area contributed by atoms with Gasteiger partial charge in [-0.15, -0.1) is 6.42 Å². The Bertz CT molecular complexity index is 296. The molecule has 1 rings (SSSR count). The molecule has 0 amide bonds. The van der Waals surface area contributed by atoms with Crippen LogP contribution in [0, 0.1) is 24.2 Å². The fourth-order valence-corrected chi connectivity index (χ4v) is 2.67. The number of methoxy groups -OCH3 is 1. The summed E-state index contributed by atoms with van der Waals surface area (Å²) in [6, 6.07) is 0. The maximum Gasteiger partial charge on any atom is 0.326 e. The molecule has 17 heavy (non-hydrogen) atoms. The second-order valence-corrected chi connectivity index (χ2v) is 5.21. The van der Waals surface area contributed by atoms with Crippen molar-refractivity contribution in [2.75, 3.05) is 13.7 Å². The van der Waals surface area contributed by atoms with E-state index in [1.165, 1.54) is 7.11 Å². The molecule has 0 unspecified atom stereocenters. The van der Waals surface area contributed by atoms with Gasteiger partial charge in [0.25, 0.3) is 0 Å². The topological polar surface area (TPSA) is 38.3 Å². The highest BCUT2D eigenvalue weighted by atomic mass is 16.5. The van der Waals surface area contributed by atoms with E-state index >= 15 is 0 Å². The van der Waals surface area contributed by atoms with E-state index in [9.17, 15) is 4.79 Å². The van der Waals surface area contributed by atoms with E-state index in [1.807, 2.05) is 0 Å². The Labute approximate surface area is 104 Å². The second-order valence-electron chi connectivity index (χ2n) is 5.21. The van der Waals surface area contributed by atoms with Crippen LogP contribution < -0.4 is 5.32 Å². The van der Waals surface area contributed by atoms with E-state index < -0.39 is 5.54 Å². The largest absolute Gasteiger partial charge is 0.468 e. The van der Waals surface area contributed by atoms with Crippen LogP contribution in [0.4, 0.5) is 0 Å². The van der Waals surface area contributed by atoms with E-state index in [4.69, 9.17) is 11.2 Å². The minimum atomic E-state index is -0.549. The van der Waals surface area contributed by atoms with Crippen molar-refractivity contribution < 1.29 is 9.53 Å². The molecule has 3 nitrogen and oxygen atoms in total. The zero-order valence-electron chi connectivity index (χ0n) is 11.1. The first-order chi connectivity index (χ1) is 8.05. The number of hydrogen-bond acceptors (Lipinski definition) is 3. The van der Waals surface area contributed by atoms with E-state index in [-0.39, 0.29) is 5.97 Å². The summed E-state index contributed by atoms with van der Waals surface area (Å²) in [5.41, 5.74) is -0.549. The zero-order chi connectivity index (χ0) is 12.9. The van der Waals surface area contributed by atoms with Gasteiger partial charge < -0.3 is 4.74 Å². The van der Waals surface area contributed by atoms with Gasteiger partial charge in [0.15, 0.2) is 0 Å². The van der Waals surface area contributed by atoms with Gasteiger partial charge in [-0.2, -0.15) is 0 Å². The lowest BCUT2D eigenvalue weighted by molar-refractivity contribution is -0.150. The van der Waals surface area contributed by atoms with Gasteiger partial charge in [0.05, 0.1) is 13.7 Å². The zero-order valence-corrected chi connectivity index (χ0v) is 11.1. The molecule has 0 heterocycles. The Morgan fingerprint density at radius 2 is 2.12 bits per heavy atom. The molecule has 0 bridgehead atoms. The quantitative estimate of drug-likeness (QED) is 0.600. The lowest BCUT2D eigenvalue weighted by Crippen LogP contribution is -2.55. The van der Waals surface area contributed by atoms with Gasteiger partial charge in [-0.3, -0.25) is 10.1 Å². The molecule has 1 fully saturated rings. The Kier molecular flexibility index (Phi) is 5.02. The van der Waals surface area contributed by atoms with Crippen molar-refractivity contribution in [1.82, 2.24) is 5.32 Å². The van der Waals surface area contributed by atoms with E-state index in [0.717, 1.165) is 25.7 Å². The van der Waals surface area contributed by atoms with Crippen LogP contribution in [-0.4, -0.2) is 25.2 Å². The van der Waals surface area contributed by atoms with Crippen LogP contribution in [0.2, 0.25) is 0 Å². The van der Waals surface area contributed by atoms with Crippen molar-refractivity contribution in [2.24, 2.45) is 11.8 Å². The molecular weight excluding hydrogens is 214 g/mol. The maximum atomic E-state index is 11.9. The van der Waals surface area contributed by atoms with Crippen LogP contribution in [-0.2, 0) is 9.53 Å². The molecule has 96 valence electrons. The summed E-state index contributed by atoms with van der Waals surface area (Å²) in [7, 11) is 1.44. The molecule has 0 atom stereocenters. The van der Waals surface area contributed by atoms with Gasteiger partial charge in [0.2, 0.25) is 0 Å². The number of hydrogen-bond donors (Lipinski definition) is 1. The summed E-state index contributed by atoms with van der Waals surface area (Å²) in [5.74, 6) is 3.75. The smallest absolute Gasteiger partial charge is 0.326 e. The molecule has 1 N–H and O–H groups in total. The van der Waals surface area contributed by atoms with Crippen molar-refractivity contribution in [2.45, 2.75) is 45.1 Å². The van der Waals surface area contributed by atoms with E-state index in [1.54, 1.807) is 0 Å². The van der Waals surface area contributed by atoms with E-state index in [0.29, 0.717) is 18.4 Å². The molecule has 0 spiro atoms. The van der Waals surface area contributed by atoms with Crippen molar-refractivity contribution in [3.63, 3.8) is 0 Å². The molecule has 0 saturated heterocycles. The standard InChI is InChI=1S/C14H23NO2/c1-5-10-15-14(13(16)17-4)8-6-12(7-9-14)11(2)3/h1,11-12,15H,6-10H2,2-4H3. The molecule has 1 aliphatic rings. The fraction of sp³-hybridized carbons (Fsp3) is 0.786. The number of esters is 1. The highest BCUT2D eigenvalue weighted by Crippen LogP contribution is 2.36. The predicted octanol–water partition coefficient (Wildman–Crippen LogP) is 1.97. The van der Waals surface area contributed by atoms with Crippen molar-refractivity contribution in [3.05, 3.63) is 0 Å². The summed E-state index contributed by atoms with van der Waals surface area (Å²) in [4.78, 5) is 11.9. The lowest BCUT2D eigenvalue weighted by atomic mass is 9.72. The van der Waals surface area contributed by atoms with Gasteiger partial charge in [-0.25, -0.2) is 0 Å². The number of rotatable bonds is 4. The monoisotopic (exact) mass is 237 g/mol. The molecular formula is C14H23NO2. The summed E-state index contributed by atoms with van der Waals surface area (Å²) < 4.78 is 4.92. The Balaban J connectivity index is 2.69. The maximum absolute atomic E-state index is 11.9. The van der Waals surface area contributed by atoms with Gasteiger partial charge in [0, 0.05) is 0 Å². The van der Waals surface area contributed by atoms with Gasteiger partial charge >= 0.3 is 5.97 Å². The van der Waals surface area contributed by atoms with Gasteiger partial charge in [-0.1, -0.05) is 19.8 Å². The lowest BCUT2D eigenvalue weighted by Gasteiger charge is -2.39. The molecule has 1 saturated carbocycles. The van der Waals surface area contributed by atoms with Crippen LogP contribution in [0.15, 0.2) is 0 Å². The molecule has 0 aromatic carbocycles. The minimum absolute atomic E-state index is 0.171. The molecule has 0 aromatic rings. The first-order valence-corrected chi connectivity index (χ1v) is 6.32. The summed E-state index contributed by atoms with van der Waals surface area (Å²) in [6.07, 6.45) is 9.02. The summed E-state index contributed by atoms with van der Waals surface area (Å²) >= 11 is 0. The summed E-state index contributed by atoms with van der Waals surface area (Å²) in [6.45, 7) is 4.90. The highest BCUT2D eigenvalue weighted by molar-refractivity contribution is 5.81. The molecule has 0 aromatic heterocycles. The highest BCUT2D eigenvalue weighted by Gasteiger charge is 2.42. The normalized spacial score (nSPS) is 28.8. The Morgan fingerprint density at radius 3 is 2.53 bits per heavy atom. The van der Waals surface area contributed by atoms with E-state index in [2.05, 4.69) is 25.1 Å². The van der Waals surface area contributed by atoms with Gasteiger partial charge in [-0.05, 0) is 37.5 Å². The Hall–Kier alpha value is -1.01. The average molecular weight is 237 g/mol.